The smallest absolute Gasteiger partial charge is 0.231 e. The highest BCUT2D eigenvalue weighted by atomic mass is 16.3. The van der Waals surface area contributed by atoms with E-state index in [4.69, 9.17) is 0 Å². The lowest BCUT2D eigenvalue weighted by Gasteiger charge is -2.32. The first-order chi connectivity index (χ1) is 8.51. The van der Waals surface area contributed by atoms with Gasteiger partial charge in [-0.05, 0) is 44.9 Å². The maximum absolute atomic E-state index is 12.3. The van der Waals surface area contributed by atoms with Crippen LogP contribution in [0.1, 0.15) is 25.3 Å². The van der Waals surface area contributed by atoms with Crippen molar-refractivity contribution in [3.63, 3.8) is 0 Å². The van der Waals surface area contributed by atoms with Gasteiger partial charge < -0.3 is 15.7 Å². The summed E-state index contributed by atoms with van der Waals surface area (Å²) in [6.45, 7) is 5.49. The molecule has 1 aliphatic heterocycles. The van der Waals surface area contributed by atoms with Crippen LogP contribution in [0.5, 0.6) is 5.75 Å². The van der Waals surface area contributed by atoms with Crippen LogP contribution in [0, 0.1) is 12.3 Å². The number of rotatable bonds is 2. The van der Waals surface area contributed by atoms with Gasteiger partial charge >= 0.3 is 0 Å². The van der Waals surface area contributed by atoms with Gasteiger partial charge in [0, 0.05) is 18.3 Å². The SMILES string of the molecule is Cc1ccc(NC(=O)C2(C)CCCNC2)cc1O. The number of phenolic OH excluding ortho intramolecular Hbond substituents is 1. The molecule has 18 heavy (non-hydrogen) atoms. The number of nitrogens with one attached hydrogen (secondary N) is 2. The van der Waals surface area contributed by atoms with E-state index in [1.54, 1.807) is 12.1 Å². The summed E-state index contributed by atoms with van der Waals surface area (Å²) in [5.74, 6) is 0.220. The van der Waals surface area contributed by atoms with Gasteiger partial charge in [0.1, 0.15) is 5.75 Å². The molecule has 0 bridgehead atoms. The summed E-state index contributed by atoms with van der Waals surface area (Å²) in [5.41, 5.74) is 1.09. The van der Waals surface area contributed by atoms with Gasteiger partial charge in [-0.15, -0.1) is 0 Å². The summed E-state index contributed by atoms with van der Waals surface area (Å²) in [6, 6.07) is 5.20. The third-order valence-corrected chi connectivity index (χ3v) is 3.61. The molecule has 1 aromatic rings. The first-order valence-electron chi connectivity index (χ1n) is 6.33. The third-order valence-electron chi connectivity index (χ3n) is 3.61. The average molecular weight is 248 g/mol. The highest BCUT2D eigenvalue weighted by Crippen LogP contribution is 2.28. The standard InChI is InChI=1S/C14H20N2O2/c1-10-4-5-11(8-12(10)17)16-13(18)14(2)6-3-7-15-9-14/h4-5,8,15,17H,3,6-7,9H2,1-2H3,(H,16,18). The molecular weight excluding hydrogens is 228 g/mol. The lowest BCUT2D eigenvalue weighted by molar-refractivity contribution is -0.125. The van der Waals surface area contributed by atoms with Crippen molar-refractivity contribution in [3.05, 3.63) is 23.8 Å². The highest BCUT2D eigenvalue weighted by molar-refractivity contribution is 5.95. The fourth-order valence-electron chi connectivity index (χ4n) is 2.22. The van der Waals surface area contributed by atoms with E-state index in [2.05, 4.69) is 10.6 Å². The predicted octanol–water partition coefficient (Wildman–Crippen LogP) is 2.03. The van der Waals surface area contributed by atoms with Crippen LogP contribution in [-0.2, 0) is 4.79 Å². The molecule has 1 unspecified atom stereocenters. The second-order valence-electron chi connectivity index (χ2n) is 5.30. The quantitative estimate of drug-likeness (QED) is 0.750. The number of phenols is 1. The maximum Gasteiger partial charge on any atom is 0.231 e. The predicted molar refractivity (Wildman–Crippen MR) is 71.7 cm³/mol. The van der Waals surface area contributed by atoms with Crippen molar-refractivity contribution in [1.82, 2.24) is 5.32 Å². The highest BCUT2D eigenvalue weighted by Gasteiger charge is 2.34. The molecule has 0 aliphatic carbocycles. The van der Waals surface area contributed by atoms with Gasteiger partial charge in [-0.2, -0.15) is 0 Å². The summed E-state index contributed by atoms with van der Waals surface area (Å²) in [6.07, 6.45) is 1.91. The van der Waals surface area contributed by atoms with E-state index in [9.17, 15) is 9.90 Å². The molecule has 1 aromatic carbocycles. The molecule has 1 saturated heterocycles. The fraction of sp³-hybridized carbons (Fsp3) is 0.500. The topological polar surface area (TPSA) is 61.4 Å². The van der Waals surface area contributed by atoms with Crippen LogP contribution < -0.4 is 10.6 Å². The van der Waals surface area contributed by atoms with Crippen LogP contribution in [0.4, 0.5) is 5.69 Å². The molecule has 0 spiro atoms. The Morgan fingerprint density at radius 3 is 2.89 bits per heavy atom. The number of piperidine rings is 1. The van der Waals surface area contributed by atoms with Crippen molar-refractivity contribution in [3.8, 4) is 5.75 Å². The van der Waals surface area contributed by atoms with Crippen molar-refractivity contribution < 1.29 is 9.90 Å². The Hall–Kier alpha value is -1.55. The zero-order valence-corrected chi connectivity index (χ0v) is 10.9. The molecule has 1 heterocycles. The monoisotopic (exact) mass is 248 g/mol. The lowest BCUT2D eigenvalue weighted by atomic mass is 9.82. The van der Waals surface area contributed by atoms with Crippen molar-refractivity contribution >= 4 is 11.6 Å². The van der Waals surface area contributed by atoms with Crippen LogP contribution in [0.25, 0.3) is 0 Å². The van der Waals surface area contributed by atoms with E-state index in [0.29, 0.717) is 12.2 Å². The number of anilines is 1. The van der Waals surface area contributed by atoms with E-state index in [1.807, 2.05) is 19.9 Å². The molecule has 1 fully saturated rings. The molecule has 1 atom stereocenters. The molecule has 2 rings (SSSR count). The van der Waals surface area contributed by atoms with Crippen LogP contribution in [0.15, 0.2) is 18.2 Å². The van der Waals surface area contributed by atoms with Gasteiger partial charge in [-0.25, -0.2) is 0 Å². The number of hydrogen-bond acceptors (Lipinski definition) is 3. The molecular formula is C14H20N2O2. The Bertz CT molecular complexity index is 451. The number of hydrogen-bond donors (Lipinski definition) is 3. The normalized spacial score (nSPS) is 23.7. The van der Waals surface area contributed by atoms with Gasteiger partial charge in [-0.1, -0.05) is 6.07 Å². The Morgan fingerprint density at radius 2 is 2.28 bits per heavy atom. The Balaban J connectivity index is 2.08. The van der Waals surface area contributed by atoms with Crippen LogP contribution in [0.2, 0.25) is 0 Å². The minimum absolute atomic E-state index is 0.0120. The molecule has 0 aromatic heterocycles. The Kier molecular flexibility index (Phi) is 3.57. The van der Waals surface area contributed by atoms with E-state index in [0.717, 1.165) is 24.9 Å². The third kappa shape index (κ3) is 2.64. The molecule has 98 valence electrons. The maximum atomic E-state index is 12.3. The molecule has 1 amide bonds. The second-order valence-corrected chi connectivity index (χ2v) is 5.30. The van der Waals surface area contributed by atoms with E-state index in [1.165, 1.54) is 0 Å². The molecule has 3 N–H and O–H groups in total. The molecule has 4 heteroatoms. The Morgan fingerprint density at radius 1 is 1.50 bits per heavy atom. The average Bonchev–Trinajstić information content (AvgIpc) is 2.35. The Labute approximate surface area is 107 Å². The molecule has 4 nitrogen and oxygen atoms in total. The summed E-state index contributed by atoms with van der Waals surface area (Å²) in [7, 11) is 0. The van der Waals surface area contributed by atoms with Crippen molar-refractivity contribution in [2.75, 3.05) is 18.4 Å². The fourth-order valence-corrected chi connectivity index (χ4v) is 2.22. The van der Waals surface area contributed by atoms with Gasteiger partial charge in [-0.3, -0.25) is 4.79 Å². The van der Waals surface area contributed by atoms with E-state index >= 15 is 0 Å². The van der Waals surface area contributed by atoms with Crippen LogP contribution in [-0.4, -0.2) is 24.1 Å². The number of aryl methyl sites for hydroxylation is 1. The lowest BCUT2D eigenvalue weighted by Crippen LogP contribution is -2.46. The number of carbonyl (C=O) groups is 1. The van der Waals surface area contributed by atoms with Crippen molar-refractivity contribution in [1.29, 1.82) is 0 Å². The van der Waals surface area contributed by atoms with Crippen molar-refractivity contribution in [2.45, 2.75) is 26.7 Å². The number of carbonyl (C=O) groups excluding carboxylic acids is 1. The summed E-state index contributed by atoms with van der Waals surface area (Å²) < 4.78 is 0. The van der Waals surface area contributed by atoms with Gasteiger partial charge in [0.2, 0.25) is 5.91 Å². The summed E-state index contributed by atoms with van der Waals surface area (Å²) >= 11 is 0. The minimum atomic E-state index is -0.362. The van der Waals surface area contributed by atoms with E-state index < -0.39 is 0 Å². The largest absolute Gasteiger partial charge is 0.508 e. The van der Waals surface area contributed by atoms with Gasteiger partial charge in [0.05, 0.1) is 5.41 Å². The summed E-state index contributed by atoms with van der Waals surface area (Å²) in [4.78, 5) is 12.3. The molecule has 1 aliphatic rings. The molecule has 0 radical (unpaired) electrons. The number of aromatic hydroxyl groups is 1. The van der Waals surface area contributed by atoms with E-state index in [-0.39, 0.29) is 17.1 Å². The second kappa shape index (κ2) is 4.98. The summed E-state index contributed by atoms with van der Waals surface area (Å²) in [5, 5.41) is 15.8. The van der Waals surface area contributed by atoms with Crippen LogP contribution in [0.3, 0.4) is 0 Å². The van der Waals surface area contributed by atoms with Crippen molar-refractivity contribution in [2.24, 2.45) is 5.41 Å². The first kappa shape index (κ1) is 12.9. The molecule has 0 saturated carbocycles. The van der Waals surface area contributed by atoms with Gasteiger partial charge in [0.15, 0.2) is 0 Å². The number of benzene rings is 1. The zero-order chi connectivity index (χ0) is 13.2. The first-order valence-corrected chi connectivity index (χ1v) is 6.33. The minimum Gasteiger partial charge on any atom is -0.508 e. The van der Waals surface area contributed by atoms with Gasteiger partial charge in [0.25, 0.3) is 0 Å². The van der Waals surface area contributed by atoms with Crippen LogP contribution >= 0.6 is 0 Å². The zero-order valence-electron chi connectivity index (χ0n) is 10.9. The number of amides is 1.